The molecule has 1 amide bonds. The Morgan fingerprint density at radius 1 is 1.62 bits per heavy atom. The van der Waals surface area contributed by atoms with E-state index in [1.807, 2.05) is 0 Å². The van der Waals surface area contributed by atoms with Gasteiger partial charge in [0.15, 0.2) is 0 Å². The predicted octanol–water partition coefficient (Wildman–Crippen LogP) is -0.501. The third-order valence-electron chi connectivity index (χ3n) is 2.66. The van der Waals surface area contributed by atoms with Gasteiger partial charge >= 0.3 is 0 Å². The number of ether oxygens (including phenoxy) is 1. The molecule has 2 N–H and O–H groups in total. The number of morpholine rings is 1. The number of amides is 1. The molecule has 1 saturated carbocycles. The molecule has 0 bridgehead atoms. The maximum atomic E-state index is 11.5. The fourth-order valence-corrected chi connectivity index (χ4v) is 1.53. The first-order valence-electron chi connectivity index (χ1n) is 4.90. The van der Waals surface area contributed by atoms with Gasteiger partial charge in [0, 0.05) is 19.1 Å². The van der Waals surface area contributed by atoms with E-state index in [1.54, 1.807) is 0 Å². The standard InChI is InChI=1S/C9H16N2O2/c1-6-4-7(6)11-9(12)8-5-10-2-3-13-8/h6-8,10H,2-5H2,1H3,(H,11,12). The Morgan fingerprint density at radius 2 is 2.38 bits per heavy atom. The summed E-state index contributed by atoms with van der Waals surface area (Å²) in [6, 6.07) is 0.401. The average molecular weight is 184 g/mol. The molecule has 13 heavy (non-hydrogen) atoms. The van der Waals surface area contributed by atoms with Crippen molar-refractivity contribution in [2.75, 3.05) is 19.7 Å². The van der Waals surface area contributed by atoms with E-state index < -0.39 is 0 Å². The zero-order chi connectivity index (χ0) is 9.26. The Labute approximate surface area is 78.0 Å². The molecule has 0 aromatic rings. The van der Waals surface area contributed by atoms with Gasteiger partial charge in [0.25, 0.3) is 5.91 Å². The Hall–Kier alpha value is -0.610. The molecule has 74 valence electrons. The molecule has 2 rings (SSSR count). The minimum absolute atomic E-state index is 0.0431. The van der Waals surface area contributed by atoms with Crippen molar-refractivity contribution in [1.82, 2.24) is 10.6 Å². The van der Waals surface area contributed by atoms with Gasteiger partial charge in [-0.25, -0.2) is 0 Å². The second kappa shape index (κ2) is 3.64. The highest BCUT2D eigenvalue weighted by Gasteiger charge is 2.35. The third kappa shape index (κ3) is 2.19. The summed E-state index contributed by atoms with van der Waals surface area (Å²) >= 11 is 0. The van der Waals surface area contributed by atoms with Gasteiger partial charge in [-0.1, -0.05) is 6.92 Å². The topological polar surface area (TPSA) is 50.4 Å². The molecule has 0 spiro atoms. The maximum Gasteiger partial charge on any atom is 0.250 e. The van der Waals surface area contributed by atoms with Crippen LogP contribution in [0.1, 0.15) is 13.3 Å². The number of hydrogen-bond acceptors (Lipinski definition) is 3. The number of rotatable bonds is 2. The van der Waals surface area contributed by atoms with Crippen LogP contribution in [-0.2, 0) is 9.53 Å². The van der Waals surface area contributed by atoms with Gasteiger partial charge in [-0.3, -0.25) is 4.79 Å². The van der Waals surface area contributed by atoms with Crippen LogP contribution in [0.5, 0.6) is 0 Å². The summed E-state index contributed by atoms with van der Waals surface area (Å²) in [7, 11) is 0. The lowest BCUT2D eigenvalue weighted by molar-refractivity contribution is -0.134. The largest absolute Gasteiger partial charge is 0.366 e. The number of carbonyl (C=O) groups excluding carboxylic acids is 1. The van der Waals surface area contributed by atoms with Gasteiger partial charge in [0.05, 0.1) is 6.61 Å². The summed E-state index contributed by atoms with van der Waals surface area (Å²) in [4.78, 5) is 11.5. The summed E-state index contributed by atoms with van der Waals surface area (Å²) in [6.45, 7) is 4.28. The van der Waals surface area contributed by atoms with Crippen molar-refractivity contribution in [3.8, 4) is 0 Å². The molecule has 4 nitrogen and oxygen atoms in total. The van der Waals surface area contributed by atoms with E-state index in [0.29, 0.717) is 25.1 Å². The lowest BCUT2D eigenvalue weighted by Gasteiger charge is -2.22. The van der Waals surface area contributed by atoms with Gasteiger partial charge in [0.1, 0.15) is 6.10 Å². The van der Waals surface area contributed by atoms with Gasteiger partial charge in [-0.05, 0) is 12.3 Å². The van der Waals surface area contributed by atoms with Crippen molar-refractivity contribution < 1.29 is 9.53 Å². The Bertz CT molecular complexity index is 202. The van der Waals surface area contributed by atoms with Crippen molar-refractivity contribution in [3.63, 3.8) is 0 Å². The molecule has 3 atom stereocenters. The molecule has 1 aliphatic heterocycles. The normalized spacial score (nSPS) is 38.4. The summed E-state index contributed by atoms with van der Waals surface area (Å²) in [5.41, 5.74) is 0. The Morgan fingerprint density at radius 3 is 2.92 bits per heavy atom. The molecule has 0 radical (unpaired) electrons. The van der Waals surface area contributed by atoms with Crippen molar-refractivity contribution in [2.45, 2.75) is 25.5 Å². The molecule has 0 aromatic heterocycles. The van der Waals surface area contributed by atoms with Crippen LogP contribution >= 0.6 is 0 Å². The van der Waals surface area contributed by atoms with E-state index in [-0.39, 0.29) is 12.0 Å². The minimum Gasteiger partial charge on any atom is -0.366 e. The van der Waals surface area contributed by atoms with E-state index in [1.165, 1.54) is 0 Å². The van der Waals surface area contributed by atoms with Crippen LogP contribution in [-0.4, -0.2) is 37.7 Å². The number of hydrogen-bond donors (Lipinski definition) is 2. The lowest BCUT2D eigenvalue weighted by Crippen LogP contribution is -2.48. The first-order valence-corrected chi connectivity index (χ1v) is 4.90. The van der Waals surface area contributed by atoms with Crippen molar-refractivity contribution in [2.24, 2.45) is 5.92 Å². The van der Waals surface area contributed by atoms with Crippen LogP contribution in [0.2, 0.25) is 0 Å². The molecular weight excluding hydrogens is 168 g/mol. The lowest BCUT2D eigenvalue weighted by atomic mass is 10.3. The number of carbonyl (C=O) groups is 1. The third-order valence-corrected chi connectivity index (χ3v) is 2.66. The molecular formula is C9H16N2O2. The molecule has 2 aliphatic rings. The SMILES string of the molecule is CC1CC1NC(=O)C1CNCCO1. The summed E-state index contributed by atoms with van der Waals surface area (Å²) in [5, 5.41) is 6.10. The predicted molar refractivity (Wildman–Crippen MR) is 48.3 cm³/mol. The van der Waals surface area contributed by atoms with Gasteiger partial charge < -0.3 is 15.4 Å². The maximum absolute atomic E-state index is 11.5. The van der Waals surface area contributed by atoms with Gasteiger partial charge in [0.2, 0.25) is 0 Å². The van der Waals surface area contributed by atoms with Crippen LogP contribution in [0.15, 0.2) is 0 Å². The van der Waals surface area contributed by atoms with Crippen LogP contribution in [0.4, 0.5) is 0 Å². The highest BCUT2D eigenvalue weighted by atomic mass is 16.5. The smallest absolute Gasteiger partial charge is 0.250 e. The Balaban J connectivity index is 1.75. The van der Waals surface area contributed by atoms with E-state index in [2.05, 4.69) is 17.6 Å². The summed E-state index contributed by atoms with van der Waals surface area (Å²) < 4.78 is 5.33. The molecule has 1 heterocycles. The van der Waals surface area contributed by atoms with Gasteiger partial charge in [-0.2, -0.15) is 0 Å². The number of nitrogens with one attached hydrogen (secondary N) is 2. The molecule has 1 saturated heterocycles. The second-order valence-electron chi connectivity index (χ2n) is 3.89. The van der Waals surface area contributed by atoms with E-state index in [0.717, 1.165) is 13.0 Å². The highest BCUT2D eigenvalue weighted by Crippen LogP contribution is 2.28. The van der Waals surface area contributed by atoms with E-state index in [9.17, 15) is 4.79 Å². The zero-order valence-corrected chi connectivity index (χ0v) is 7.88. The monoisotopic (exact) mass is 184 g/mol. The summed E-state index contributed by atoms with van der Waals surface area (Å²) in [6.07, 6.45) is 0.841. The van der Waals surface area contributed by atoms with Crippen LogP contribution < -0.4 is 10.6 Å². The zero-order valence-electron chi connectivity index (χ0n) is 7.88. The highest BCUT2D eigenvalue weighted by molar-refractivity contribution is 5.81. The van der Waals surface area contributed by atoms with Crippen molar-refractivity contribution in [1.29, 1.82) is 0 Å². The first kappa shape index (κ1) is 8.97. The quantitative estimate of drug-likeness (QED) is 0.608. The van der Waals surface area contributed by atoms with Crippen LogP contribution in [0, 0.1) is 5.92 Å². The molecule has 3 unspecified atom stereocenters. The van der Waals surface area contributed by atoms with Crippen molar-refractivity contribution in [3.05, 3.63) is 0 Å². The fourth-order valence-electron chi connectivity index (χ4n) is 1.53. The van der Waals surface area contributed by atoms with Crippen LogP contribution in [0.3, 0.4) is 0 Å². The average Bonchev–Trinajstić information content (AvgIpc) is 2.83. The molecule has 2 fully saturated rings. The Kier molecular flexibility index (Phi) is 2.51. The van der Waals surface area contributed by atoms with E-state index in [4.69, 9.17) is 4.74 Å². The second-order valence-corrected chi connectivity index (χ2v) is 3.89. The first-order chi connectivity index (χ1) is 6.27. The fraction of sp³-hybridized carbons (Fsp3) is 0.889. The molecule has 0 aromatic carbocycles. The van der Waals surface area contributed by atoms with Gasteiger partial charge in [-0.15, -0.1) is 0 Å². The van der Waals surface area contributed by atoms with Crippen molar-refractivity contribution >= 4 is 5.91 Å². The summed E-state index contributed by atoms with van der Waals surface area (Å²) in [5.74, 6) is 0.696. The molecule has 4 heteroatoms. The molecule has 1 aliphatic carbocycles. The van der Waals surface area contributed by atoms with E-state index >= 15 is 0 Å². The van der Waals surface area contributed by atoms with Crippen LogP contribution in [0.25, 0.3) is 0 Å². The minimum atomic E-state index is -0.276.